The number of rotatable bonds is 26. The molecule has 0 aromatic heterocycles. The molecule has 0 bridgehead atoms. The van der Waals surface area contributed by atoms with Gasteiger partial charge in [-0.1, -0.05) is 63.8 Å². The van der Waals surface area contributed by atoms with Crippen molar-refractivity contribution in [2.24, 2.45) is 0 Å². The third kappa shape index (κ3) is 20.8. The van der Waals surface area contributed by atoms with Crippen molar-refractivity contribution in [2.45, 2.75) is 128 Å². The summed E-state index contributed by atoms with van der Waals surface area (Å²) in [6, 6.07) is 0. The van der Waals surface area contributed by atoms with E-state index in [9.17, 15) is 29.6 Å². The molecule has 2 unspecified atom stereocenters. The molecule has 0 fully saturated rings. The molecular formula is C30H59NO8P+. The standard InChI is InChI=1S/C30H58NO8P/c1-5-7-9-10-11-12-13-14-15-16-17-18-20-22-30(35)38-25-27(32)26-39-40(36,37)28(21-19-8-6-2)31(3,4)24-23-29(33)34/h10-11,16-17,27-29,32-34H,5-9,12-15,18-26H2,1-4H3/p+1/b11-10-,17-16-/t27-,28?/m1/s1. The van der Waals surface area contributed by atoms with Crippen molar-refractivity contribution in [3.63, 3.8) is 0 Å². The van der Waals surface area contributed by atoms with Crippen LogP contribution in [-0.4, -0.2) is 82.7 Å². The molecule has 0 spiro atoms. The maximum atomic E-state index is 13.2. The number of aliphatic hydroxyl groups is 3. The normalized spacial score (nSPS) is 15.6. The Kier molecular flexibility index (Phi) is 22.9. The van der Waals surface area contributed by atoms with Gasteiger partial charge < -0.3 is 34.0 Å². The summed E-state index contributed by atoms with van der Waals surface area (Å²) in [5.41, 5.74) is 0. The molecule has 3 atom stereocenters. The van der Waals surface area contributed by atoms with Crippen molar-refractivity contribution >= 4 is 13.6 Å². The average Bonchev–Trinajstić information content (AvgIpc) is 2.90. The summed E-state index contributed by atoms with van der Waals surface area (Å²) in [7, 11) is -0.659. The molecule has 0 heterocycles. The molecule has 4 N–H and O–H groups in total. The number of esters is 1. The minimum absolute atomic E-state index is 0.0582. The van der Waals surface area contributed by atoms with E-state index in [0.29, 0.717) is 12.8 Å². The van der Waals surface area contributed by atoms with Crippen molar-refractivity contribution in [1.29, 1.82) is 0 Å². The van der Waals surface area contributed by atoms with Gasteiger partial charge >= 0.3 is 13.6 Å². The molecule has 0 aliphatic heterocycles. The zero-order valence-corrected chi connectivity index (χ0v) is 26.5. The molecule has 0 saturated carbocycles. The van der Waals surface area contributed by atoms with Gasteiger partial charge in [-0.25, -0.2) is 0 Å². The molecule has 40 heavy (non-hydrogen) atoms. The van der Waals surface area contributed by atoms with Crippen LogP contribution in [0.25, 0.3) is 0 Å². The highest BCUT2D eigenvalue weighted by molar-refractivity contribution is 7.53. The van der Waals surface area contributed by atoms with Crippen LogP contribution in [0.3, 0.4) is 0 Å². The number of hydrogen-bond acceptors (Lipinski definition) is 7. The summed E-state index contributed by atoms with van der Waals surface area (Å²) >= 11 is 0. The number of nitrogens with zero attached hydrogens (tertiary/aromatic N) is 1. The second kappa shape index (κ2) is 23.5. The summed E-state index contributed by atoms with van der Waals surface area (Å²) in [4.78, 5) is 22.8. The predicted octanol–water partition coefficient (Wildman–Crippen LogP) is 5.81. The highest BCUT2D eigenvalue weighted by atomic mass is 31.2. The maximum absolute atomic E-state index is 13.2. The Morgan fingerprint density at radius 1 is 0.800 bits per heavy atom. The van der Waals surface area contributed by atoms with E-state index in [0.717, 1.165) is 44.9 Å². The number of aliphatic hydroxyl groups excluding tert-OH is 2. The van der Waals surface area contributed by atoms with E-state index < -0.39 is 38.3 Å². The summed E-state index contributed by atoms with van der Waals surface area (Å²) in [5.74, 6) is -1.21. The molecule has 0 saturated heterocycles. The third-order valence-electron chi connectivity index (χ3n) is 6.90. The fourth-order valence-corrected chi connectivity index (χ4v) is 6.32. The molecule has 0 amide bonds. The first-order valence-electron chi connectivity index (χ1n) is 15.3. The monoisotopic (exact) mass is 592 g/mol. The van der Waals surface area contributed by atoms with Gasteiger partial charge in [-0.15, -0.1) is 0 Å². The minimum Gasteiger partial charge on any atom is -0.463 e. The van der Waals surface area contributed by atoms with E-state index in [1.165, 1.54) is 25.7 Å². The van der Waals surface area contributed by atoms with Gasteiger partial charge in [0.1, 0.15) is 12.7 Å². The molecule has 9 nitrogen and oxygen atoms in total. The number of carbonyl (C=O) groups is 1. The van der Waals surface area contributed by atoms with Gasteiger partial charge in [-0.2, -0.15) is 0 Å². The van der Waals surface area contributed by atoms with E-state index in [4.69, 9.17) is 9.26 Å². The first-order chi connectivity index (χ1) is 19.0. The van der Waals surface area contributed by atoms with Gasteiger partial charge in [-0.05, 0) is 51.4 Å². The lowest BCUT2D eigenvalue weighted by atomic mass is 10.1. The Hall–Kier alpha value is -1.06. The van der Waals surface area contributed by atoms with Crippen molar-refractivity contribution < 1.29 is 43.3 Å². The van der Waals surface area contributed by atoms with E-state index in [1.807, 2.05) is 6.92 Å². The lowest BCUT2D eigenvalue weighted by Crippen LogP contribution is -2.50. The summed E-state index contributed by atoms with van der Waals surface area (Å²) < 4.78 is 23.7. The van der Waals surface area contributed by atoms with Crippen LogP contribution in [-0.2, 0) is 18.6 Å². The van der Waals surface area contributed by atoms with Crippen LogP contribution in [0.1, 0.15) is 110 Å². The minimum atomic E-state index is -4.17. The molecule has 0 radical (unpaired) electrons. The Balaban J connectivity index is 4.32. The molecule has 0 aromatic carbocycles. The number of carbonyl (C=O) groups excluding carboxylic acids is 1. The van der Waals surface area contributed by atoms with Crippen LogP contribution >= 0.6 is 7.60 Å². The Morgan fingerprint density at radius 3 is 1.90 bits per heavy atom. The third-order valence-corrected chi connectivity index (χ3v) is 9.06. The van der Waals surface area contributed by atoms with Crippen LogP contribution in [0.2, 0.25) is 0 Å². The summed E-state index contributed by atoms with van der Waals surface area (Å²) in [5, 5.41) is 28.7. The number of ether oxygens (including phenoxy) is 1. The first-order valence-corrected chi connectivity index (χ1v) is 16.9. The van der Waals surface area contributed by atoms with E-state index in [1.54, 1.807) is 14.1 Å². The summed E-state index contributed by atoms with van der Waals surface area (Å²) in [6.07, 6.45) is 19.0. The van der Waals surface area contributed by atoms with Crippen molar-refractivity contribution in [2.75, 3.05) is 33.9 Å². The largest absolute Gasteiger partial charge is 0.463 e. The first kappa shape index (κ1) is 38.9. The lowest BCUT2D eigenvalue weighted by molar-refractivity contribution is -0.904. The van der Waals surface area contributed by atoms with Gasteiger partial charge in [-0.3, -0.25) is 9.36 Å². The zero-order valence-electron chi connectivity index (χ0n) is 25.6. The molecular weight excluding hydrogens is 533 g/mol. The number of allylic oxidation sites excluding steroid dienone is 4. The fraction of sp³-hybridized carbons (Fsp3) is 0.833. The van der Waals surface area contributed by atoms with Crippen molar-refractivity contribution in [1.82, 2.24) is 0 Å². The highest BCUT2D eigenvalue weighted by Gasteiger charge is 2.44. The quantitative estimate of drug-likeness (QED) is 0.0247. The zero-order chi connectivity index (χ0) is 30.3. The van der Waals surface area contributed by atoms with Crippen molar-refractivity contribution in [3.8, 4) is 0 Å². The van der Waals surface area contributed by atoms with Gasteiger partial charge in [0, 0.05) is 19.3 Å². The van der Waals surface area contributed by atoms with Crippen LogP contribution in [0.15, 0.2) is 24.3 Å². The second-order valence-electron chi connectivity index (χ2n) is 11.2. The van der Waals surface area contributed by atoms with Crippen molar-refractivity contribution in [3.05, 3.63) is 24.3 Å². The number of unbranched alkanes of at least 4 members (excludes halogenated alkanes) is 8. The Bertz CT molecular complexity index is 741. The van der Waals surface area contributed by atoms with Crippen LogP contribution in [0, 0.1) is 0 Å². The van der Waals surface area contributed by atoms with E-state index in [-0.39, 0.29) is 30.5 Å². The predicted molar refractivity (Wildman–Crippen MR) is 161 cm³/mol. The van der Waals surface area contributed by atoms with Crippen LogP contribution in [0.4, 0.5) is 0 Å². The van der Waals surface area contributed by atoms with Crippen LogP contribution in [0.5, 0.6) is 0 Å². The van der Waals surface area contributed by atoms with Gasteiger partial charge in [0.25, 0.3) is 0 Å². The summed E-state index contributed by atoms with van der Waals surface area (Å²) in [6.45, 7) is 3.77. The lowest BCUT2D eigenvalue weighted by Gasteiger charge is -2.39. The highest BCUT2D eigenvalue weighted by Crippen LogP contribution is 2.52. The fourth-order valence-electron chi connectivity index (χ4n) is 4.35. The van der Waals surface area contributed by atoms with E-state index >= 15 is 0 Å². The molecule has 0 aliphatic carbocycles. The van der Waals surface area contributed by atoms with E-state index in [2.05, 4.69) is 31.2 Å². The molecule has 0 aliphatic rings. The number of quaternary nitrogens is 1. The van der Waals surface area contributed by atoms with Gasteiger partial charge in [0.05, 0.1) is 27.2 Å². The van der Waals surface area contributed by atoms with Crippen LogP contribution < -0.4 is 0 Å². The molecule has 0 aromatic rings. The topological polar surface area (TPSA) is 134 Å². The average molecular weight is 593 g/mol. The van der Waals surface area contributed by atoms with Gasteiger partial charge in [0.15, 0.2) is 12.1 Å². The Morgan fingerprint density at radius 2 is 1.35 bits per heavy atom. The maximum Gasteiger partial charge on any atom is 0.385 e. The smallest absolute Gasteiger partial charge is 0.385 e. The Labute approximate surface area is 243 Å². The van der Waals surface area contributed by atoms with Gasteiger partial charge in [0.2, 0.25) is 0 Å². The molecule has 236 valence electrons. The number of hydrogen-bond donors (Lipinski definition) is 4. The second-order valence-corrected chi connectivity index (χ2v) is 13.2. The SMILES string of the molecule is CCCC/C=C\CCCC/C=C\CCCC(=O)OC[C@@H](O)COP(=O)(O)C(CCCCC)[N+](C)(C)CCC(O)O. The molecule has 10 heteroatoms. The molecule has 0 rings (SSSR count).